The largest absolute Gasteiger partial charge is 0.495 e. The smallest absolute Gasteiger partial charge is 0.270 e. The number of halogens is 1. The van der Waals surface area contributed by atoms with Crippen LogP contribution < -0.4 is 15.4 Å². The Hall–Kier alpha value is -3.08. The van der Waals surface area contributed by atoms with Crippen LogP contribution in [0.1, 0.15) is 10.4 Å². The molecule has 0 fully saturated rings. The van der Waals surface area contributed by atoms with E-state index in [0.717, 1.165) is 0 Å². The van der Waals surface area contributed by atoms with Crippen LogP contribution in [-0.2, 0) is 0 Å². The first-order chi connectivity index (χ1) is 13.9. The number of amides is 1. The first kappa shape index (κ1) is 20.6. The molecule has 3 aromatic rings. The second-order valence-corrected chi connectivity index (χ2v) is 7.28. The summed E-state index contributed by atoms with van der Waals surface area (Å²) < 4.78 is 5.05. The molecule has 1 amide bonds. The average Bonchev–Trinajstić information content (AvgIpc) is 3.16. The summed E-state index contributed by atoms with van der Waals surface area (Å²) >= 11 is 12.4. The molecule has 29 heavy (non-hydrogen) atoms. The van der Waals surface area contributed by atoms with Crippen LogP contribution in [0.25, 0.3) is 11.3 Å². The van der Waals surface area contributed by atoms with Gasteiger partial charge in [-0.3, -0.25) is 20.2 Å². The van der Waals surface area contributed by atoms with Gasteiger partial charge < -0.3 is 10.1 Å². The van der Waals surface area contributed by atoms with Crippen LogP contribution in [-0.4, -0.2) is 28.0 Å². The lowest BCUT2D eigenvalue weighted by Crippen LogP contribution is -2.34. The van der Waals surface area contributed by atoms with E-state index >= 15 is 0 Å². The molecule has 11 heteroatoms. The van der Waals surface area contributed by atoms with Crippen LogP contribution >= 0.6 is 35.2 Å². The van der Waals surface area contributed by atoms with E-state index < -0.39 is 10.8 Å². The standard InChI is InChI=1S/C18H13ClN4O4S2/c1-27-15-6-5-11(8-13(15)19)16(24)21-17(28)22-18-20-14(9-29-18)10-3-2-4-12(7-10)23(25)26/h2-9H,1H3,(H2,20,21,22,24,28). The van der Waals surface area contributed by atoms with Crippen LogP contribution in [0.2, 0.25) is 5.02 Å². The van der Waals surface area contributed by atoms with Gasteiger partial charge in [0.05, 0.1) is 22.7 Å². The molecule has 0 bridgehead atoms. The number of carbonyl (C=O) groups is 1. The summed E-state index contributed by atoms with van der Waals surface area (Å²) in [6.45, 7) is 0. The summed E-state index contributed by atoms with van der Waals surface area (Å²) in [7, 11) is 1.48. The Morgan fingerprint density at radius 1 is 1.31 bits per heavy atom. The van der Waals surface area contributed by atoms with Gasteiger partial charge >= 0.3 is 0 Å². The molecule has 0 atom stereocenters. The third-order valence-corrected chi connectivity index (χ3v) is 4.98. The molecule has 0 saturated heterocycles. The zero-order chi connectivity index (χ0) is 21.0. The molecule has 0 spiro atoms. The highest BCUT2D eigenvalue weighted by molar-refractivity contribution is 7.80. The lowest BCUT2D eigenvalue weighted by molar-refractivity contribution is -0.384. The topological polar surface area (TPSA) is 106 Å². The van der Waals surface area contributed by atoms with Crippen molar-refractivity contribution < 1.29 is 14.5 Å². The Labute approximate surface area is 179 Å². The van der Waals surface area contributed by atoms with E-state index in [1.807, 2.05) is 0 Å². The highest BCUT2D eigenvalue weighted by Gasteiger charge is 2.13. The van der Waals surface area contributed by atoms with Crippen LogP contribution in [0.15, 0.2) is 47.8 Å². The van der Waals surface area contributed by atoms with Gasteiger partial charge in [-0.2, -0.15) is 0 Å². The first-order valence-corrected chi connectivity index (χ1v) is 9.70. The van der Waals surface area contributed by atoms with Gasteiger partial charge in [-0.05, 0) is 30.4 Å². The first-order valence-electron chi connectivity index (χ1n) is 8.03. The van der Waals surface area contributed by atoms with Gasteiger partial charge in [0.15, 0.2) is 10.2 Å². The molecule has 2 aromatic carbocycles. The van der Waals surface area contributed by atoms with E-state index in [2.05, 4.69) is 15.6 Å². The summed E-state index contributed by atoms with van der Waals surface area (Å²) in [4.78, 5) is 27.1. The number of anilines is 1. The summed E-state index contributed by atoms with van der Waals surface area (Å²) in [5.41, 5.74) is 1.45. The number of nitro benzene ring substituents is 1. The zero-order valence-electron chi connectivity index (χ0n) is 14.8. The Morgan fingerprint density at radius 2 is 2.10 bits per heavy atom. The number of hydrogen-bond donors (Lipinski definition) is 2. The maximum Gasteiger partial charge on any atom is 0.270 e. The van der Waals surface area contributed by atoms with Crippen LogP contribution in [0.5, 0.6) is 5.75 Å². The predicted octanol–water partition coefficient (Wildman–Crippen LogP) is 4.51. The fraction of sp³-hybridized carbons (Fsp3) is 0.0556. The van der Waals surface area contributed by atoms with Gasteiger partial charge in [-0.1, -0.05) is 23.7 Å². The van der Waals surface area contributed by atoms with Crippen molar-refractivity contribution in [2.24, 2.45) is 0 Å². The minimum Gasteiger partial charge on any atom is -0.495 e. The van der Waals surface area contributed by atoms with E-state index in [-0.39, 0.29) is 10.8 Å². The predicted molar refractivity (Wildman–Crippen MR) is 116 cm³/mol. The summed E-state index contributed by atoms with van der Waals surface area (Å²) in [5.74, 6) is 0.0166. The molecule has 3 rings (SSSR count). The number of benzene rings is 2. The molecule has 1 heterocycles. The lowest BCUT2D eigenvalue weighted by Gasteiger charge is -2.08. The van der Waals surface area contributed by atoms with E-state index in [0.29, 0.717) is 32.7 Å². The fourth-order valence-corrected chi connectivity index (χ4v) is 3.59. The van der Waals surface area contributed by atoms with Gasteiger partial charge in [-0.25, -0.2) is 4.98 Å². The molecule has 1 aromatic heterocycles. The van der Waals surface area contributed by atoms with Crippen LogP contribution in [0.4, 0.5) is 10.8 Å². The molecule has 148 valence electrons. The number of non-ortho nitro benzene ring substituents is 1. The number of methoxy groups -OCH3 is 1. The number of thiazole rings is 1. The Balaban J connectivity index is 1.66. The van der Waals surface area contributed by atoms with Gasteiger partial charge in [0.2, 0.25) is 0 Å². The van der Waals surface area contributed by atoms with Crippen molar-refractivity contribution in [2.45, 2.75) is 0 Å². The molecule has 0 aliphatic rings. The highest BCUT2D eigenvalue weighted by Crippen LogP contribution is 2.27. The number of aromatic nitrogens is 1. The molecule has 0 saturated carbocycles. The van der Waals surface area contributed by atoms with Crippen molar-refractivity contribution in [3.63, 3.8) is 0 Å². The number of rotatable bonds is 5. The van der Waals surface area contributed by atoms with Crippen LogP contribution in [0.3, 0.4) is 0 Å². The van der Waals surface area contributed by atoms with Gasteiger partial charge in [0.25, 0.3) is 11.6 Å². The van der Waals surface area contributed by atoms with Crippen molar-refractivity contribution in [2.75, 3.05) is 12.4 Å². The molecule has 2 N–H and O–H groups in total. The minimum absolute atomic E-state index is 0.0223. The van der Waals surface area contributed by atoms with Gasteiger partial charge in [0, 0.05) is 28.6 Å². The van der Waals surface area contributed by atoms with Crippen LogP contribution in [0, 0.1) is 10.1 Å². The van der Waals surface area contributed by atoms with Crippen molar-refractivity contribution in [3.05, 3.63) is 68.5 Å². The monoisotopic (exact) mass is 448 g/mol. The van der Waals surface area contributed by atoms with Crippen molar-refractivity contribution in [1.29, 1.82) is 0 Å². The molecule has 0 radical (unpaired) electrons. The molecular weight excluding hydrogens is 436 g/mol. The molecule has 0 aliphatic heterocycles. The minimum atomic E-state index is -0.467. The second-order valence-electron chi connectivity index (χ2n) is 5.60. The highest BCUT2D eigenvalue weighted by atomic mass is 35.5. The Morgan fingerprint density at radius 3 is 2.79 bits per heavy atom. The average molecular weight is 449 g/mol. The molecular formula is C18H13ClN4O4S2. The number of nitrogens with zero attached hydrogens (tertiary/aromatic N) is 2. The normalized spacial score (nSPS) is 10.3. The van der Waals surface area contributed by atoms with Crippen molar-refractivity contribution >= 4 is 57.0 Å². The molecule has 8 nitrogen and oxygen atoms in total. The van der Waals surface area contributed by atoms with Gasteiger partial charge in [0.1, 0.15) is 5.75 Å². The molecule has 0 aliphatic carbocycles. The van der Waals surface area contributed by atoms with E-state index in [9.17, 15) is 14.9 Å². The van der Waals surface area contributed by atoms with Gasteiger partial charge in [-0.15, -0.1) is 11.3 Å². The summed E-state index contributed by atoms with van der Waals surface area (Å²) in [6, 6.07) is 10.8. The quantitative estimate of drug-likeness (QED) is 0.336. The number of hydrogen-bond acceptors (Lipinski definition) is 7. The summed E-state index contributed by atoms with van der Waals surface area (Å²) in [5, 5.41) is 18.8. The van der Waals surface area contributed by atoms with E-state index in [4.69, 9.17) is 28.6 Å². The maximum atomic E-state index is 12.3. The zero-order valence-corrected chi connectivity index (χ0v) is 17.2. The van der Waals surface area contributed by atoms with Crippen molar-refractivity contribution in [1.82, 2.24) is 10.3 Å². The maximum absolute atomic E-state index is 12.3. The third-order valence-electron chi connectivity index (χ3n) is 3.72. The SMILES string of the molecule is COc1ccc(C(=O)NC(=S)Nc2nc(-c3cccc([N+](=O)[O-])c3)cs2)cc1Cl. The second kappa shape index (κ2) is 8.95. The fourth-order valence-electron chi connectivity index (χ4n) is 2.35. The lowest BCUT2D eigenvalue weighted by atomic mass is 10.1. The number of nitrogens with one attached hydrogen (secondary N) is 2. The number of thiocarbonyl (C=S) groups is 1. The number of nitro groups is 1. The molecule has 0 unspecified atom stereocenters. The number of carbonyl (C=O) groups excluding carboxylic acids is 1. The van der Waals surface area contributed by atoms with E-state index in [1.54, 1.807) is 29.6 Å². The van der Waals surface area contributed by atoms with E-state index in [1.165, 1.54) is 36.6 Å². The number of ether oxygens (including phenoxy) is 1. The van der Waals surface area contributed by atoms with Crippen molar-refractivity contribution in [3.8, 4) is 17.0 Å². The third kappa shape index (κ3) is 5.05. The summed E-state index contributed by atoms with van der Waals surface area (Å²) in [6.07, 6.45) is 0. The Kier molecular flexibility index (Phi) is 6.37. The Bertz CT molecular complexity index is 1100.